The summed E-state index contributed by atoms with van der Waals surface area (Å²) in [6.07, 6.45) is 0. The molecule has 0 saturated carbocycles. The first-order chi connectivity index (χ1) is 27.7. The topological polar surface area (TPSA) is 38.9 Å². The Morgan fingerprint density at radius 3 is 1.98 bits per heavy atom. The molecule has 0 unspecified atom stereocenters. The van der Waals surface area contributed by atoms with Crippen LogP contribution in [0.4, 0.5) is 0 Å². The van der Waals surface area contributed by atoms with E-state index in [1.54, 1.807) is 11.3 Å². The summed E-state index contributed by atoms with van der Waals surface area (Å²) >= 11 is 1.76. The highest BCUT2D eigenvalue weighted by Crippen LogP contribution is 2.43. The third-order valence-electron chi connectivity index (χ3n) is 11.3. The molecular formula is C52H30N2OS. The van der Waals surface area contributed by atoms with Gasteiger partial charge in [0.05, 0.1) is 15.9 Å². The maximum absolute atomic E-state index is 6.67. The molecule has 12 rings (SSSR count). The highest BCUT2D eigenvalue weighted by Gasteiger charge is 2.21. The van der Waals surface area contributed by atoms with Crippen LogP contribution in [-0.4, -0.2) is 9.97 Å². The van der Waals surface area contributed by atoms with Crippen molar-refractivity contribution in [2.24, 2.45) is 0 Å². The zero-order chi connectivity index (χ0) is 36.7. The highest BCUT2D eigenvalue weighted by molar-refractivity contribution is 7.26. The lowest BCUT2D eigenvalue weighted by Gasteiger charge is -2.11. The van der Waals surface area contributed by atoms with Crippen molar-refractivity contribution in [2.75, 3.05) is 0 Å². The van der Waals surface area contributed by atoms with Crippen LogP contribution in [0.15, 0.2) is 186 Å². The van der Waals surface area contributed by atoms with Gasteiger partial charge in [0.1, 0.15) is 11.2 Å². The average Bonchev–Trinajstić information content (AvgIpc) is 3.84. The van der Waals surface area contributed by atoms with Crippen molar-refractivity contribution < 1.29 is 4.42 Å². The summed E-state index contributed by atoms with van der Waals surface area (Å²) in [5, 5.41) is 10.5. The van der Waals surface area contributed by atoms with Crippen molar-refractivity contribution in [1.82, 2.24) is 9.97 Å². The van der Waals surface area contributed by atoms with E-state index < -0.39 is 0 Å². The second-order valence-electron chi connectivity index (χ2n) is 14.5. The number of rotatable bonds is 4. The molecule has 260 valence electrons. The van der Waals surface area contributed by atoms with E-state index >= 15 is 0 Å². The summed E-state index contributed by atoms with van der Waals surface area (Å²) in [5.41, 5.74) is 10.3. The monoisotopic (exact) mass is 730 g/mol. The van der Waals surface area contributed by atoms with E-state index in [2.05, 4.69) is 182 Å². The quantitative estimate of drug-likeness (QED) is 0.169. The van der Waals surface area contributed by atoms with Gasteiger partial charge in [-0.05, 0) is 97.0 Å². The third kappa shape index (κ3) is 4.83. The molecule has 56 heavy (non-hydrogen) atoms. The Balaban J connectivity index is 1.04. The van der Waals surface area contributed by atoms with Crippen molar-refractivity contribution in [1.29, 1.82) is 0 Å². The molecule has 0 amide bonds. The average molecular weight is 731 g/mol. The predicted molar refractivity (Wildman–Crippen MR) is 236 cm³/mol. The second-order valence-corrected chi connectivity index (χ2v) is 15.5. The first-order valence-corrected chi connectivity index (χ1v) is 19.7. The van der Waals surface area contributed by atoms with Gasteiger partial charge < -0.3 is 4.42 Å². The molecule has 0 radical (unpaired) electrons. The Morgan fingerprint density at radius 1 is 0.393 bits per heavy atom. The molecule has 9 aromatic carbocycles. The van der Waals surface area contributed by atoms with Crippen LogP contribution in [0.1, 0.15) is 0 Å². The van der Waals surface area contributed by atoms with E-state index in [1.165, 1.54) is 53.7 Å². The summed E-state index contributed by atoms with van der Waals surface area (Å²) in [6.45, 7) is 0. The molecule has 3 heterocycles. The molecule has 0 aliphatic carbocycles. The summed E-state index contributed by atoms with van der Waals surface area (Å²) in [6, 6.07) is 64.9. The molecule has 0 fully saturated rings. The Bertz CT molecular complexity index is 3540. The Hall–Kier alpha value is -7.14. The van der Waals surface area contributed by atoms with Gasteiger partial charge in [-0.1, -0.05) is 140 Å². The highest BCUT2D eigenvalue weighted by atomic mass is 32.1. The Labute approximate surface area is 325 Å². The van der Waals surface area contributed by atoms with Crippen molar-refractivity contribution in [3.8, 4) is 44.9 Å². The van der Waals surface area contributed by atoms with Crippen molar-refractivity contribution in [3.05, 3.63) is 182 Å². The molecule has 3 aromatic heterocycles. The molecule has 0 N–H and O–H groups in total. The molecule has 0 bridgehead atoms. The lowest BCUT2D eigenvalue weighted by Crippen LogP contribution is -1.94. The van der Waals surface area contributed by atoms with E-state index in [-0.39, 0.29) is 0 Å². The largest absolute Gasteiger partial charge is 0.456 e. The summed E-state index contributed by atoms with van der Waals surface area (Å²) < 4.78 is 8.96. The van der Waals surface area contributed by atoms with Gasteiger partial charge in [0, 0.05) is 32.0 Å². The van der Waals surface area contributed by atoms with E-state index in [0.29, 0.717) is 5.82 Å². The van der Waals surface area contributed by atoms with Gasteiger partial charge in [-0.2, -0.15) is 0 Å². The first kappa shape index (κ1) is 31.2. The van der Waals surface area contributed by atoms with Crippen LogP contribution in [0.25, 0.3) is 119 Å². The van der Waals surface area contributed by atoms with E-state index in [0.717, 1.165) is 59.9 Å². The van der Waals surface area contributed by atoms with Crippen molar-refractivity contribution in [2.45, 2.75) is 0 Å². The number of aromatic nitrogens is 2. The smallest absolute Gasteiger partial charge is 0.161 e. The number of hydrogen-bond acceptors (Lipinski definition) is 4. The third-order valence-corrected chi connectivity index (χ3v) is 12.4. The van der Waals surface area contributed by atoms with Gasteiger partial charge >= 0.3 is 0 Å². The molecule has 4 heteroatoms. The number of thiophene rings is 1. The SMILES string of the molecule is c1ccc(-c2ccc3cc(-c4nc(-c5cccc6oc7cc(-c8cc9ccccc9c9ccccc89)ccc7c56)nc5c4sc4ccccc45)ccc3c2)cc1. The van der Waals surface area contributed by atoms with Crippen LogP contribution in [-0.2, 0) is 0 Å². The summed E-state index contributed by atoms with van der Waals surface area (Å²) in [5.74, 6) is 0.688. The number of hydrogen-bond donors (Lipinski definition) is 0. The van der Waals surface area contributed by atoms with Crippen molar-refractivity contribution in [3.63, 3.8) is 0 Å². The maximum Gasteiger partial charge on any atom is 0.161 e. The Morgan fingerprint density at radius 2 is 1.11 bits per heavy atom. The fraction of sp³-hybridized carbons (Fsp3) is 0. The van der Waals surface area contributed by atoms with Crippen LogP contribution in [0.5, 0.6) is 0 Å². The van der Waals surface area contributed by atoms with Crippen LogP contribution < -0.4 is 0 Å². The fourth-order valence-corrected chi connectivity index (χ4v) is 9.74. The van der Waals surface area contributed by atoms with Gasteiger partial charge in [-0.3, -0.25) is 0 Å². The summed E-state index contributed by atoms with van der Waals surface area (Å²) in [4.78, 5) is 10.8. The van der Waals surface area contributed by atoms with Crippen LogP contribution in [0.2, 0.25) is 0 Å². The standard InChI is InChI=1S/C52H30N2OS/c1-2-11-31(12-3-1)32-21-22-34-28-37(24-23-33(34)27-32)49-51-50(42-17-8-9-20-47(42)56-51)54-52(53-49)43-18-10-19-45-48(43)41-26-25-36(30-46(41)55-45)44-29-35-13-4-5-14-38(35)39-15-6-7-16-40(39)44/h1-30H. The molecule has 0 atom stereocenters. The lowest BCUT2D eigenvalue weighted by atomic mass is 9.93. The van der Waals surface area contributed by atoms with Gasteiger partial charge in [0.15, 0.2) is 5.82 Å². The van der Waals surface area contributed by atoms with Crippen LogP contribution in [0.3, 0.4) is 0 Å². The fourth-order valence-electron chi connectivity index (χ4n) is 8.58. The zero-order valence-corrected chi connectivity index (χ0v) is 30.8. The van der Waals surface area contributed by atoms with E-state index in [1.807, 2.05) is 0 Å². The molecule has 3 nitrogen and oxygen atoms in total. The van der Waals surface area contributed by atoms with Gasteiger partial charge in [0.2, 0.25) is 0 Å². The molecule has 0 spiro atoms. The number of benzene rings is 9. The minimum atomic E-state index is 0.688. The zero-order valence-electron chi connectivity index (χ0n) is 30.0. The normalized spacial score (nSPS) is 11.9. The molecular weight excluding hydrogens is 701 g/mol. The summed E-state index contributed by atoms with van der Waals surface area (Å²) in [7, 11) is 0. The first-order valence-electron chi connectivity index (χ1n) is 18.9. The lowest BCUT2D eigenvalue weighted by molar-refractivity contribution is 0.669. The molecule has 0 aliphatic rings. The molecule has 0 saturated heterocycles. The van der Waals surface area contributed by atoms with Gasteiger partial charge in [0.25, 0.3) is 0 Å². The van der Waals surface area contributed by atoms with Crippen molar-refractivity contribution >= 4 is 85.9 Å². The second kappa shape index (κ2) is 12.2. The number of furan rings is 1. The minimum Gasteiger partial charge on any atom is -0.456 e. The van der Waals surface area contributed by atoms with Gasteiger partial charge in [-0.15, -0.1) is 11.3 Å². The number of fused-ring (bicyclic) bond motifs is 10. The number of nitrogens with zero attached hydrogens (tertiary/aromatic N) is 2. The van der Waals surface area contributed by atoms with Crippen LogP contribution in [0, 0.1) is 0 Å². The molecule has 12 aromatic rings. The molecule has 0 aliphatic heterocycles. The Kier molecular flexibility index (Phi) is 6.80. The van der Waals surface area contributed by atoms with E-state index in [4.69, 9.17) is 14.4 Å². The predicted octanol–water partition coefficient (Wildman–Crippen LogP) is 14.9. The minimum absolute atomic E-state index is 0.688. The maximum atomic E-state index is 6.67. The van der Waals surface area contributed by atoms with Gasteiger partial charge in [-0.25, -0.2) is 9.97 Å². The van der Waals surface area contributed by atoms with Crippen LogP contribution >= 0.6 is 11.3 Å². The van der Waals surface area contributed by atoms with E-state index in [9.17, 15) is 0 Å².